The number of thioether (sulfide) groups is 1. The van der Waals surface area contributed by atoms with Crippen LogP contribution >= 0.6 is 35.0 Å². The molecule has 1 aliphatic heterocycles. The molecule has 0 aliphatic carbocycles. The molecule has 0 amide bonds. The van der Waals surface area contributed by atoms with Crippen molar-refractivity contribution in [2.24, 2.45) is 0 Å². The average molecular weight is 277 g/mol. The van der Waals surface area contributed by atoms with Gasteiger partial charge in [0.25, 0.3) is 0 Å². The molecule has 1 aromatic carbocycles. The van der Waals surface area contributed by atoms with Gasteiger partial charge in [-0.2, -0.15) is 11.8 Å². The molecule has 1 unspecified atom stereocenters. The number of hydrogen-bond donors (Lipinski definition) is 1. The zero-order valence-electron chi connectivity index (χ0n) is 9.04. The third-order valence-electron chi connectivity index (χ3n) is 2.60. The highest BCUT2D eigenvalue weighted by molar-refractivity contribution is 8.00. The first-order chi connectivity index (χ1) is 7.58. The lowest BCUT2D eigenvalue weighted by Gasteiger charge is -2.33. The molecule has 0 spiro atoms. The fourth-order valence-electron chi connectivity index (χ4n) is 1.91. The van der Waals surface area contributed by atoms with Gasteiger partial charge in [0.15, 0.2) is 0 Å². The average Bonchev–Trinajstić information content (AvgIpc) is 2.15. The lowest BCUT2D eigenvalue weighted by molar-refractivity contribution is 0.783. The van der Waals surface area contributed by atoms with Gasteiger partial charge < -0.3 is 10.6 Å². The Balaban J connectivity index is 2.32. The molecule has 0 radical (unpaired) electrons. The molecule has 16 heavy (non-hydrogen) atoms. The van der Waals surface area contributed by atoms with E-state index in [0.717, 1.165) is 24.5 Å². The monoisotopic (exact) mass is 276 g/mol. The molecule has 0 bridgehead atoms. The maximum absolute atomic E-state index is 6.20. The summed E-state index contributed by atoms with van der Waals surface area (Å²) in [5.74, 6) is 1.11. The second kappa shape index (κ2) is 4.94. The summed E-state index contributed by atoms with van der Waals surface area (Å²) in [5.41, 5.74) is 7.22. The summed E-state index contributed by atoms with van der Waals surface area (Å²) in [4.78, 5) is 2.24. The van der Waals surface area contributed by atoms with Gasteiger partial charge in [-0.3, -0.25) is 0 Å². The normalized spacial score (nSPS) is 21.2. The van der Waals surface area contributed by atoms with Crippen LogP contribution in [0.4, 0.5) is 11.4 Å². The Bertz CT molecular complexity index is 375. The predicted octanol–water partition coefficient (Wildman–Crippen LogP) is 3.52. The minimum atomic E-state index is 0.609. The predicted molar refractivity (Wildman–Crippen MR) is 75.0 cm³/mol. The van der Waals surface area contributed by atoms with Gasteiger partial charge in [-0.1, -0.05) is 30.1 Å². The molecule has 88 valence electrons. The third-order valence-corrected chi connectivity index (χ3v) is 4.31. The van der Waals surface area contributed by atoms with Gasteiger partial charge in [-0.25, -0.2) is 0 Å². The van der Waals surface area contributed by atoms with Crippen molar-refractivity contribution in [2.45, 2.75) is 12.2 Å². The Morgan fingerprint density at radius 1 is 1.38 bits per heavy atom. The number of rotatable bonds is 1. The molecule has 1 saturated heterocycles. The van der Waals surface area contributed by atoms with Crippen molar-refractivity contribution in [3.63, 3.8) is 0 Å². The van der Waals surface area contributed by atoms with Crippen LogP contribution in [0.5, 0.6) is 0 Å². The quantitative estimate of drug-likeness (QED) is 0.796. The summed E-state index contributed by atoms with van der Waals surface area (Å²) in [6.45, 7) is 4.18. The van der Waals surface area contributed by atoms with E-state index in [-0.39, 0.29) is 0 Å². The van der Waals surface area contributed by atoms with Crippen molar-refractivity contribution in [1.29, 1.82) is 0 Å². The summed E-state index contributed by atoms with van der Waals surface area (Å²) in [7, 11) is 0. The minimum absolute atomic E-state index is 0.609. The number of nitrogens with zero attached hydrogens (tertiary/aromatic N) is 1. The van der Waals surface area contributed by atoms with Crippen LogP contribution in [0.15, 0.2) is 12.1 Å². The number of nitrogens with two attached hydrogens (primary N) is 1. The summed E-state index contributed by atoms with van der Waals surface area (Å²) in [6, 6.07) is 3.52. The zero-order chi connectivity index (χ0) is 11.7. The van der Waals surface area contributed by atoms with E-state index in [0.29, 0.717) is 21.0 Å². The molecule has 5 heteroatoms. The topological polar surface area (TPSA) is 29.3 Å². The summed E-state index contributed by atoms with van der Waals surface area (Å²) >= 11 is 14.4. The summed E-state index contributed by atoms with van der Waals surface area (Å²) in [5, 5.41) is 1.90. The molecule has 1 fully saturated rings. The smallest absolute Gasteiger partial charge is 0.0747 e. The van der Waals surface area contributed by atoms with E-state index in [9.17, 15) is 0 Å². The van der Waals surface area contributed by atoms with Crippen molar-refractivity contribution < 1.29 is 0 Å². The number of anilines is 2. The van der Waals surface area contributed by atoms with Crippen LogP contribution in [0, 0.1) is 0 Å². The van der Waals surface area contributed by atoms with Crippen molar-refractivity contribution in [3.8, 4) is 0 Å². The number of halogens is 2. The first-order valence-electron chi connectivity index (χ1n) is 5.19. The van der Waals surface area contributed by atoms with Crippen LogP contribution in [0.1, 0.15) is 6.92 Å². The molecule has 1 heterocycles. The largest absolute Gasteiger partial charge is 0.399 e. The van der Waals surface area contributed by atoms with E-state index < -0.39 is 0 Å². The van der Waals surface area contributed by atoms with Gasteiger partial charge in [-0.05, 0) is 12.1 Å². The van der Waals surface area contributed by atoms with Crippen molar-refractivity contribution in [2.75, 3.05) is 29.5 Å². The molecule has 1 aromatic rings. The van der Waals surface area contributed by atoms with Crippen molar-refractivity contribution in [1.82, 2.24) is 0 Å². The van der Waals surface area contributed by atoms with E-state index in [4.69, 9.17) is 28.9 Å². The molecule has 2 rings (SSSR count). The highest BCUT2D eigenvalue weighted by atomic mass is 35.5. The Kier molecular flexibility index (Phi) is 3.77. The van der Waals surface area contributed by atoms with Gasteiger partial charge in [0.2, 0.25) is 0 Å². The van der Waals surface area contributed by atoms with Crippen LogP contribution < -0.4 is 10.6 Å². The van der Waals surface area contributed by atoms with Crippen LogP contribution in [0.3, 0.4) is 0 Å². The van der Waals surface area contributed by atoms with E-state index >= 15 is 0 Å². The van der Waals surface area contributed by atoms with Gasteiger partial charge in [0.05, 0.1) is 15.7 Å². The van der Waals surface area contributed by atoms with Crippen molar-refractivity contribution in [3.05, 3.63) is 22.2 Å². The molecule has 2 nitrogen and oxygen atoms in total. The van der Waals surface area contributed by atoms with Crippen LogP contribution in [0.25, 0.3) is 0 Å². The Labute approximate surface area is 110 Å². The van der Waals surface area contributed by atoms with E-state index in [1.54, 1.807) is 12.1 Å². The maximum atomic E-state index is 6.20. The molecular weight excluding hydrogens is 263 g/mol. The highest BCUT2D eigenvalue weighted by Crippen LogP contribution is 2.37. The lowest BCUT2D eigenvalue weighted by atomic mass is 10.2. The molecule has 0 saturated carbocycles. The summed E-state index contributed by atoms with van der Waals surface area (Å²) in [6.07, 6.45) is 0. The molecule has 1 atom stereocenters. The standard InChI is InChI=1S/C11H14Cl2N2S/c1-7-6-15(2-3-16-7)11-9(12)4-8(14)5-10(11)13/h4-5,7H,2-3,6,14H2,1H3. The molecule has 0 aromatic heterocycles. The first kappa shape index (κ1) is 12.2. The fraction of sp³-hybridized carbons (Fsp3) is 0.455. The number of benzene rings is 1. The number of nitrogen functional groups attached to an aromatic ring is 1. The zero-order valence-corrected chi connectivity index (χ0v) is 11.4. The van der Waals surface area contributed by atoms with Crippen LogP contribution in [-0.2, 0) is 0 Å². The highest BCUT2D eigenvalue weighted by Gasteiger charge is 2.21. The molecular formula is C11H14Cl2N2S. The van der Waals surface area contributed by atoms with E-state index in [1.807, 2.05) is 11.8 Å². The van der Waals surface area contributed by atoms with Gasteiger partial charge in [0.1, 0.15) is 0 Å². The second-order valence-electron chi connectivity index (χ2n) is 3.96. The van der Waals surface area contributed by atoms with Crippen LogP contribution in [0.2, 0.25) is 10.0 Å². The van der Waals surface area contributed by atoms with Gasteiger partial charge in [-0.15, -0.1) is 0 Å². The fourth-order valence-corrected chi connectivity index (χ4v) is 3.67. The second-order valence-corrected chi connectivity index (χ2v) is 6.32. The molecule has 2 N–H and O–H groups in total. The lowest BCUT2D eigenvalue weighted by Crippen LogP contribution is -2.36. The van der Waals surface area contributed by atoms with Gasteiger partial charge in [0, 0.05) is 29.8 Å². The Hall–Kier alpha value is -0.250. The van der Waals surface area contributed by atoms with Gasteiger partial charge >= 0.3 is 0 Å². The van der Waals surface area contributed by atoms with E-state index in [2.05, 4.69) is 11.8 Å². The SMILES string of the molecule is CC1CN(c2c(Cl)cc(N)cc2Cl)CCS1. The maximum Gasteiger partial charge on any atom is 0.0747 e. The summed E-state index contributed by atoms with van der Waals surface area (Å²) < 4.78 is 0. The minimum Gasteiger partial charge on any atom is -0.399 e. The Morgan fingerprint density at radius 3 is 2.56 bits per heavy atom. The Morgan fingerprint density at radius 2 is 2.00 bits per heavy atom. The molecule has 1 aliphatic rings. The van der Waals surface area contributed by atoms with Crippen LogP contribution in [-0.4, -0.2) is 24.1 Å². The number of hydrogen-bond acceptors (Lipinski definition) is 3. The van der Waals surface area contributed by atoms with E-state index in [1.165, 1.54) is 0 Å². The first-order valence-corrected chi connectivity index (χ1v) is 6.99. The third kappa shape index (κ3) is 2.53. The van der Waals surface area contributed by atoms with Crippen molar-refractivity contribution >= 4 is 46.3 Å².